The van der Waals surface area contributed by atoms with Crippen LogP contribution in [0.3, 0.4) is 0 Å². The monoisotopic (exact) mass is 530 g/mol. The van der Waals surface area contributed by atoms with Crippen LogP contribution < -0.4 is 14.9 Å². The predicted molar refractivity (Wildman–Crippen MR) is 97.3 cm³/mol. The van der Waals surface area contributed by atoms with Crippen molar-refractivity contribution in [1.29, 1.82) is 0 Å². The smallest absolute Gasteiger partial charge is 0.462 e. The first-order chi connectivity index (χ1) is 12.7. The Morgan fingerprint density at radius 2 is 1.71 bits per heavy atom. The molecule has 4 nitrogen and oxygen atoms in total. The van der Waals surface area contributed by atoms with Gasteiger partial charge in [0.15, 0.2) is 11.5 Å². The summed E-state index contributed by atoms with van der Waals surface area (Å²) in [6, 6.07) is -2.87. The Balaban J connectivity index is 3.05. The lowest BCUT2D eigenvalue weighted by Gasteiger charge is -2.27. The van der Waals surface area contributed by atoms with E-state index in [-0.39, 0.29) is 23.8 Å². The zero-order chi connectivity index (χ0) is 21.8. The van der Waals surface area contributed by atoms with Crippen molar-refractivity contribution >= 4 is 28.8 Å². The average Bonchev–Trinajstić information content (AvgIpc) is 2.52. The third kappa shape index (κ3) is 6.01. The molecule has 160 valence electrons. The number of halogens is 8. The number of nitrogens with one attached hydrogen (secondary N) is 1. The molecule has 0 aliphatic carbocycles. The Hall–Kier alpha value is -1.47. The summed E-state index contributed by atoms with van der Waals surface area (Å²) in [5, 5.41) is 2.83. The Morgan fingerprint density at radius 1 is 1.11 bits per heavy atom. The highest BCUT2D eigenvalue weighted by Gasteiger charge is 2.73. The fourth-order valence-corrected chi connectivity index (χ4v) is 2.53. The summed E-state index contributed by atoms with van der Waals surface area (Å²) in [7, 11) is 0. The quantitative estimate of drug-likeness (QED) is 0.152. The fraction of sp³-hybridized carbons (Fsp3) is 0.562. The molecule has 1 aromatic rings. The van der Waals surface area contributed by atoms with Crippen LogP contribution in [0.2, 0.25) is 0 Å². The highest BCUT2D eigenvalue weighted by molar-refractivity contribution is 14.1. The molecule has 0 unspecified atom stereocenters. The van der Waals surface area contributed by atoms with E-state index in [2.05, 4.69) is 5.10 Å². The number of hydrogen-bond donors (Lipinski definition) is 1. The summed E-state index contributed by atoms with van der Waals surface area (Å²) in [6.45, 7) is 6.18. The Bertz CT molecular complexity index is 694. The molecule has 0 atom stereocenters. The topological polar surface area (TPSA) is 42.8 Å². The van der Waals surface area contributed by atoms with Crippen LogP contribution >= 0.6 is 22.6 Å². The molecule has 0 fully saturated rings. The molecule has 0 aliphatic rings. The van der Waals surface area contributed by atoms with Gasteiger partial charge in [0.1, 0.15) is 0 Å². The van der Waals surface area contributed by atoms with Crippen LogP contribution in [-0.2, 0) is 0 Å². The number of hydrogen-bond acceptors (Lipinski definition) is 4. The van der Waals surface area contributed by atoms with Gasteiger partial charge >= 0.3 is 18.1 Å². The van der Waals surface area contributed by atoms with E-state index >= 15 is 0 Å². The fourth-order valence-electron chi connectivity index (χ4n) is 1.75. The molecule has 0 aromatic heterocycles. The Morgan fingerprint density at radius 3 is 2.21 bits per heavy atom. The minimum Gasteiger partial charge on any atom is -0.490 e. The van der Waals surface area contributed by atoms with Crippen LogP contribution in [0.4, 0.5) is 30.7 Å². The normalized spacial score (nSPS) is 13.3. The third-order valence-corrected chi connectivity index (χ3v) is 3.86. The second-order valence-electron chi connectivity index (χ2n) is 5.98. The SMILES string of the molecule is CCOc1cc(/C=N\NC(F)(F)C(F)(F)C(F)(F)F)cc(I)c1OCC(C)C. The van der Waals surface area contributed by atoms with Gasteiger partial charge in [-0.1, -0.05) is 13.8 Å². The highest BCUT2D eigenvalue weighted by atomic mass is 127. The van der Waals surface area contributed by atoms with Crippen LogP contribution in [0.25, 0.3) is 0 Å². The minimum absolute atomic E-state index is 0.128. The van der Waals surface area contributed by atoms with Crippen LogP contribution in [0.15, 0.2) is 17.2 Å². The van der Waals surface area contributed by atoms with Crippen LogP contribution in [0.1, 0.15) is 26.3 Å². The molecular weight excluding hydrogens is 512 g/mol. The number of nitrogens with zero attached hydrogens (tertiary/aromatic N) is 1. The van der Waals surface area contributed by atoms with Gasteiger partial charge in [0.25, 0.3) is 0 Å². The van der Waals surface area contributed by atoms with Gasteiger partial charge in [-0.2, -0.15) is 35.8 Å². The lowest BCUT2D eigenvalue weighted by molar-refractivity contribution is -0.361. The predicted octanol–water partition coefficient (Wildman–Crippen LogP) is 5.44. The minimum atomic E-state index is -6.44. The molecule has 28 heavy (non-hydrogen) atoms. The average molecular weight is 530 g/mol. The maximum atomic E-state index is 13.2. The van der Waals surface area contributed by atoms with Crippen molar-refractivity contribution in [2.45, 2.75) is 38.9 Å². The molecule has 0 saturated carbocycles. The molecule has 1 aromatic carbocycles. The van der Waals surface area contributed by atoms with Crippen molar-refractivity contribution in [2.24, 2.45) is 11.0 Å². The molecule has 0 aliphatic heterocycles. The molecule has 0 radical (unpaired) electrons. The van der Waals surface area contributed by atoms with E-state index in [0.717, 1.165) is 0 Å². The first-order valence-corrected chi connectivity index (χ1v) is 9.02. The molecule has 1 N–H and O–H groups in total. The lowest BCUT2D eigenvalue weighted by Crippen LogP contribution is -2.58. The zero-order valence-corrected chi connectivity index (χ0v) is 17.2. The van der Waals surface area contributed by atoms with E-state index in [1.165, 1.54) is 12.1 Å². The number of hydrazone groups is 1. The largest absolute Gasteiger partial charge is 0.490 e. The molecule has 12 heteroatoms. The number of rotatable bonds is 9. The van der Waals surface area contributed by atoms with Crippen molar-refractivity contribution in [3.63, 3.8) is 0 Å². The summed E-state index contributed by atoms with van der Waals surface area (Å²) in [5.74, 6) is -5.43. The number of benzene rings is 1. The van der Waals surface area contributed by atoms with E-state index in [1.54, 1.807) is 6.92 Å². The Kier molecular flexibility index (Phi) is 8.21. The van der Waals surface area contributed by atoms with Gasteiger partial charge in [-0.15, -0.1) is 0 Å². The standard InChI is InChI=1S/C16H18F7IN2O2/c1-4-27-12-6-10(5-11(24)13(12)28-8-9(2)3)7-25-26-16(22,23)14(17,18)15(19,20)21/h5-7,9,26H,4,8H2,1-3H3/b25-7-. The van der Waals surface area contributed by atoms with Crippen molar-refractivity contribution in [2.75, 3.05) is 13.2 Å². The van der Waals surface area contributed by atoms with Crippen molar-refractivity contribution < 1.29 is 40.2 Å². The van der Waals surface area contributed by atoms with Gasteiger partial charge in [-0.25, -0.2) is 5.43 Å². The lowest BCUT2D eigenvalue weighted by atomic mass is 10.2. The second kappa shape index (κ2) is 9.35. The van der Waals surface area contributed by atoms with Crippen LogP contribution in [0.5, 0.6) is 11.5 Å². The first-order valence-electron chi connectivity index (χ1n) is 7.94. The van der Waals surface area contributed by atoms with Crippen molar-refractivity contribution in [1.82, 2.24) is 5.43 Å². The third-order valence-electron chi connectivity index (χ3n) is 3.06. The molecule has 0 saturated heterocycles. The van der Waals surface area contributed by atoms with Gasteiger partial charge in [-0.05, 0) is 53.1 Å². The summed E-state index contributed by atoms with van der Waals surface area (Å²) in [6.07, 6.45) is -5.76. The highest BCUT2D eigenvalue weighted by Crippen LogP contribution is 2.45. The zero-order valence-electron chi connectivity index (χ0n) is 15.0. The summed E-state index contributed by atoms with van der Waals surface area (Å²) in [5.41, 5.74) is 0.700. The van der Waals surface area contributed by atoms with E-state index in [0.29, 0.717) is 27.6 Å². The van der Waals surface area contributed by atoms with Gasteiger partial charge < -0.3 is 9.47 Å². The van der Waals surface area contributed by atoms with Crippen molar-refractivity contribution in [3.05, 3.63) is 21.3 Å². The van der Waals surface area contributed by atoms with Gasteiger partial charge in [0.2, 0.25) is 0 Å². The first kappa shape index (κ1) is 24.6. The van der Waals surface area contributed by atoms with E-state index in [1.807, 2.05) is 36.4 Å². The van der Waals surface area contributed by atoms with Crippen molar-refractivity contribution in [3.8, 4) is 11.5 Å². The summed E-state index contributed by atoms with van der Waals surface area (Å²) >= 11 is 1.89. The van der Waals surface area contributed by atoms with Crippen LogP contribution in [-0.4, -0.2) is 37.6 Å². The Labute approximate surface area is 170 Å². The van der Waals surface area contributed by atoms with Crippen LogP contribution in [0, 0.1) is 9.49 Å². The summed E-state index contributed by atoms with van der Waals surface area (Å²) in [4.78, 5) is 0. The van der Waals surface area contributed by atoms with Gasteiger partial charge in [0.05, 0.1) is 23.0 Å². The van der Waals surface area contributed by atoms with E-state index < -0.39 is 18.1 Å². The van der Waals surface area contributed by atoms with E-state index in [9.17, 15) is 30.7 Å². The van der Waals surface area contributed by atoms with E-state index in [4.69, 9.17) is 9.47 Å². The molecule has 0 heterocycles. The second-order valence-corrected chi connectivity index (χ2v) is 7.15. The molecular formula is C16H18F7IN2O2. The number of alkyl halides is 7. The molecule has 0 bridgehead atoms. The maximum absolute atomic E-state index is 13.2. The number of ether oxygens (including phenoxy) is 2. The molecule has 0 amide bonds. The molecule has 1 rings (SSSR count). The maximum Gasteiger partial charge on any atom is 0.462 e. The summed E-state index contributed by atoms with van der Waals surface area (Å²) < 4.78 is 99.8. The van der Waals surface area contributed by atoms with Gasteiger partial charge in [-0.3, -0.25) is 0 Å². The molecule has 0 spiro atoms. The van der Waals surface area contributed by atoms with Gasteiger partial charge in [0, 0.05) is 0 Å².